The third-order valence-electron chi connectivity index (χ3n) is 10.6. The van der Waals surface area contributed by atoms with Gasteiger partial charge in [0.25, 0.3) is 0 Å². The molecule has 9 nitrogen and oxygen atoms in total. The van der Waals surface area contributed by atoms with Crippen LogP contribution in [0.1, 0.15) is 43.2 Å². The van der Waals surface area contributed by atoms with Crippen molar-refractivity contribution in [3.63, 3.8) is 0 Å². The number of nitrogens with zero attached hydrogens (tertiary/aromatic N) is 6. The van der Waals surface area contributed by atoms with Crippen LogP contribution in [-0.2, 0) is 6.54 Å². The highest BCUT2D eigenvalue weighted by atomic mass is 19.1. The predicted molar refractivity (Wildman–Crippen MR) is 165 cm³/mol. The summed E-state index contributed by atoms with van der Waals surface area (Å²) in [6, 6.07) is 7.09. The van der Waals surface area contributed by atoms with Gasteiger partial charge in [-0.25, -0.2) is 9.37 Å². The van der Waals surface area contributed by atoms with Crippen LogP contribution in [0.3, 0.4) is 0 Å². The van der Waals surface area contributed by atoms with E-state index in [1.165, 1.54) is 38.4 Å². The molecule has 10 heteroatoms. The highest BCUT2D eigenvalue weighted by molar-refractivity contribution is 5.92. The van der Waals surface area contributed by atoms with Crippen LogP contribution < -0.4 is 15.0 Å². The van der Waals surface area contributed by atoms with Crippen molar-refractivity contribution in [1.29, 1.82) is 0 Å². The number of piperidine rings is 1. The summed E-state index contributed by atoms with van der Waals surface area (Å²) >= 11 is 0. The van der Waals surface area contributed by atoms with E-state index in [0.717, 1.165) is 44.3 Å². The fourth-order valence-corrected chi connectivity index (χ4v) is 8.03. The van der Waals surface area contributed by atoms with Gasteiger partial charge in [0, 0.05) is 55.6 Å². The Bertz CT molecular complexity index is 1820. The van der Waals surface area contributed by atoms with Crippen molar-refractivity contribution in [2.45, 2.75) is 50.7 Å². The number of phenols is 1. The second-order valence-corrected chi connectivity index (χ2v) is 13.9. The summed E-state index contributed by atoms with van der Waals surface area (Å²) in [5.41, 5.74) is 2.31. The number of halogens is 1. The van der Waals surface area contributed by atoms with Crippen LogP contribution in [0.4, 0.5) is 10.3 Å². The minimum Gasteiger partial charge on any atom is -0.508 e. The molecule has 2 aromatic heterocycles. The van der Waals surface area contributed by atoms with E-state index >= 15 is 0 Å². The first-order valence-corrected chi connectivity index (χ1v) is 15.9. The number of likely N-dealkylation sites (tertiary alicyclic amines) is 1. The second kappa shape index (κ2) is 9.78. The average molecular weight is 594 g/mol. The number of rotatable bonds is 8. The molecule has 0 amide bonds. The van der Waals surface area contributed by atoms with Gasteiger partial charge in [0.15, 0.2) is 11.2 Å². The minimum absolute atomic E-state index is 0.0900. The maximum Gasteiger partial charge on any atom is 0.247 e. The molecule has 4 aromatic rings. The molecule has 9 rings (SSSR count). The van der Waals surface area contributed by atoms with E-state index in [9.17, 15) is 9.50 Å². The summed E-state index contributed by atoms with van der Waals surface area (Å²) in [6.45, 7) is 6.17. The van der Waals surface area contributed by atoms with Crippen molar-refractivity contribution in [3.05, 3.63) is 47.5 Å². The number of anilines is 1. The summed E-state index contributed by atoms with van der Waals surface area (Å²) in [5, 5.41) is 15.5. The predicted octanol–water partition coefficient (Wildman–Crippen LogP) is 3.91. The monoisotopic (exact) mass is 593 g/mol. The molecule has 0 spiro atoms. The molecule has 5 aliphatic rings. The number of aromatic hydroxyl groups is 1. The van der Waals surface area contributed by atoms with Crippen molar-refractivity contribution < 1.29 is 14.2 Å². The molecule has 2 N–H and O–H groups in total. The molecule has 0 radical (unpaired) electrons. The lowest BCUT2D eigenvalue weighted by Gasteiger charge is -2.33. The van der Waals surface area contributed by atoms with Crippen LogP contribution >= 0.6 is 0 Å². The standard InChI is InChI=1S/C34H36FN7O2/c1-2-27-28(35)6-3-20-10-26(43)11-23(29(20)27)14-42-19-36-30-31(42)38-33(41-15-24-4-5-25(16-41)37-24)39-32(30)44-18-34(7-8-34)17-40-12-21-9-22(21)13-40/h1,3,6,10-11,19,21-22,24-25,37,43H,4-5,7-9,12-18H2/t21?,22?,24-,25+. The number of hydrogen-bond acceptors (Lipinski definition) is 8. The van der Waals surface area contributed by atoms with E-state index in [2.05, 4.69) is 21.0 Å². The lowest BCUT2D eigenvalue weighted by atomic mass is 9.98. The minimum atomic E-state index is -0.462. The molecule has 2 aromatic carbocycles. The Morgan fingerprint density at radius 1 is 1.09 bits per heavy atom. The van der Waals surface area contributed by atoms with E-state index in [1.54, 1.807) is 24.5 Å². The molecule has 2 aliphatic carbocycles. The topological polar surface area (TPSA) is 91.6 Å². The average Bonchev–Trinajstić information content (AvgIpc) is 3.81. The SMILES string of the molecule is C#Cc1c(F)ccc2cc(O)cc(Cn3cnc4c(OCC5(CN6CC7CC7C6)CC5)nc(N5C[C@H]6CC[C@@H](C5)N6)nc43)c12. The van der Waals surface area contributed by atoms with Gasteiger partial charge >= 0.3 is 0 Å². The van der Waals surface area contributed by atoms with E-state index < -0.39 is 5.82 Å². The van der Waals surface area contributed by atoms with E-state index in [4.69, 9.17) is 26.1 Å². The first-order chi connectivity index (χ1) is 21.4. The van der Waals surface area contributed by atoms with Crippen LogP contribution in [0, 0.1) is 35.4 Å². The molecule has 2 bridgehead atoms. The zero-order valence-electron chi connectivity index (χ0n) is 24.7. The van der Waals surface area contributed by atoms with Gasteiger partial charge in [0.05, 0.1) is 25.0 Å². The number of fused-ring (bicyclic) bond motifs is 5. The Hall–Kier alpha value is -3.94. The number of hydrogen-bond donors (Lipinski definition) is 2. The number of benzene rings is 2. The van der Waals surface area contributed by atoms with Crippen LogP contribution in [0.25, 0.3) is 21.9 Å². The molecule has 2 unspecified atom stereocenters. The highest BCUT2D eigenvalue weighted by Crippen LogP contribution is 2.51. The number of ether oxygens (including phenoxy) is 1. The zero-order valence-corrected chi connectivity index (χ0v) is 24.7. The van der Waals surface area contributed by atoms with Gasteiger partial charge in [0.2, 0.25) is 11.8 Å². The Morgan fingerprint density at radius 3 is 2.64 bits per heavy atom. The molecule has 3 aliphatic heterocycles. The summed E-state index contributed by atoms with van der Waals surface area (Å²) in [4.78, 5) is 19.7. The number of aromatic nitrogens is 4. The lowest BCUT2D eigenvalue weighted by Crippen LogP contribution is -2.51. The number of piperazine rings is 1. The first-order valence-electron chi connectivity index (χ1n) is 15.9. The van der Waals surface area contributed by atoms with E-state index in [-0.39, 0.29) is 16.7 Å². The van der Waals surface area contributed by atoms with E-state index in [1.807, 2.05) is 4.57 Å². The van der Waals surface area contributed by atoms with Crippen LogP contribution in [0.15, 0.2) is 30.6 Å². The Balaban J connectivity index is 1.08. The highest BCUT2D eigenvalue weighted by Gasteiger charge is 2.51. The lowest BCUT2D eigenvalue weighted by molar-refractivity contribution is 0.168. The summed E-state index contributed by atoms with van der Waals surface area (Å²) in [5.74, 6) is 5.15. The van der Waals surface area contributed by atoms with Crippen LogP contribution in [-0.4, -0.2) is 80.9 Å². The molecular formula is C34H36FN7O2. The zero-order chi connectivity index (χ0) is 29.6. The fourth-order valence-electron chi connectivity index (χ4n) is 8.03. The maximum atomic E-state index is 14.8. The smallest absolute Gasteiger partial charge is 0.247 e. The number of nitrogens with one attached hydrogen (secondary N) is 1. The second-order valence-electron chi connectivity index (χ2n) is 13.9. The molecule has 5 heterocycles. The third-order valence-corrected chi connectivity index (χ3v) is 10.6. The van der Waals surface area contributed by atoms with Crippen molar-refractivity contribution in [2.75, 3.05) is 44.2 Å². The fraction of sp³-hybridized carbons (Fsp3) is 0.500. The summed E-state index contributed by atoms with van der Waals surface area (Å²) in [6.07, 6.45) is 13.6. The Morgan fingerprint density at radius 2 is 1.89 bits per heavy atom. The van der Waals surface area contributed by atoms with Gasteiger partial charge in [0.1, 0.15) is 11.6 Å². The number of imidazole rings is 1. The Labute approximate surface area is 255 Å². The third kappa shape index (κ3) is 4.56. The molecular weight excluding hydrogens is 557 g/mol. The molecule has 3 saturated heterocycles. The van der Waals surface area contributed by atoms with Gasteiger partial charge in [-0.3, -0.25) is 0 Å². The normalized spacial score (nSPS) is 26.7. The van der Waals surface area contributed by atoms with Gasteiger partial charge in [-0.2, -0.15) is 9.97 Å². The van der Waals surface area contributed by atoms with E-state index in [0.29, 0.717) is 64.6 Å². The maximum absolute atomic E-state index is 14.8. The largest absolute Gasteiger partial charge is 0.508 e. The van der Waals surface area contributed by atoms with Gasteiger partial charge in [-0.1, -0.05) is 12.0 Å². The molecule has 44 heavy (non-hydrogen) atoms. The number of terminal acetylenes is 1. The number of phenolic OH excluding ortho intramolecular Hbond substituents is 1. The van der Waals surface area contributed by atoms with Gasteiger partial charge < -0.3 is 29.5 Å². The first kappa shape index (κ1) is 26.5. The quantitative estimate of drug-likeness (QED) is 0.298. The molecule has 2 saturated carbocycles. The van der Waals surface area contributed by atoms with Crippen molar-refractivity contribution in [3.8, 4) is 24.0 Å². The van der Waals surface area contributed by atoms with Crippen molar-refractivity contribution in [2.24, 2.45) is 17.3 Å². The Kier molecular flexibility index (Phi) is 5.88. The molecule has 226 valence electrons. The van der Waals surface area contributed by atoms with Gasteiger partial charge in [-0.05, 0) is 73.1 Å². The van der Waals surface area contributed by atoms with Crippen molar-refractivity contribution >= 4 is 27.9 Å². The molecule has 5 fully saturated rings. The summed E-state index contributed by atoms with van der Waals surface area (Å²) < 4.78 is 23.3. The van der Waals surface area contributed by atoms with Crippen LogP contribution in [0.5, 0.6) is 11.6 Å². The molecule has 4 atom stereocenters. The van der Waals surface area contributed by atoms with Crippen LogP contribution in [0.2, 0.25) is 0 Å². The van der Waals surface area contributed by atoms with Crippen molar-refractivity contribution in [1.82, 2.24) is 29.7 Å². The van der Waals surface area contributed by atoms with Gasteiger partial charge in [-0.15, -0.1) is 6.42 Å². The summed E-state index contributed by atoms with van der Waals surface area (Å²) in [7, 11) is 0.